The molecule has 0 bridgehead atoms. The van der Waals surface area contributed by atoms with Crippen LogP contribution in [0.15, 0.2) is 18.2 Å². The maximum absolute atomic E-state index is 11.9. The molecule has 0 aliphatic carbocycles. The van der Waals surface area contributed by atoms with Gasteiger partial charge >= 0.3 is 12.0 Å². The van der Waals surface area contributed by atoms with Gasteiger partial charge in [-0.05, 0) is 53.6 Å². The molecule has 2 amide bonds. The first-order valence-corrected chi connectivity index (χ1v) is 7.49. The lowest BCUT2D eigenvalue weighted by molar-refractivity contribution is 0.0698. The van der Waals surface area contributed by atoms with Gasteiger partial charge in [-0.3, -0.25) is 5.43 Å². The standard InChI is InChI=1S/C13H16IN3O3/c14-9-4-5-11(10(8-9)12(18)19)15-13(20)16-17-6-2-1-3-7-17/h4-5,8H,1-3,6-7H2,(H,18,19)(H2,15,16,20). The lowest BCUT2D eigenvalue weighted by Crippen LogP contribution is -2.46. The van der Waals surface area contributed by atoms with Crippen molar-refractivity contribution in [3.8, 4) is 0 Å². The highest BCUT2D eigenvalue weighted by molar-refractivity contribution is 14.1. The van der Waals surface area contributed by atoms with Gasteiger partial charge in [0.1, 0.15) is 0 Å². The normalized spacial score (nSPS) is 15.7. The summed E-state index contributed by atoms with van der Waals surface area (Å²) in [5.74, 6) is -1.06. The number of hydrazine groups is 1. The summed E-state index contributed by atoms with van der Waals surface area (Å²) in [6.07, 6.45) is 3.30. The van der Waals surface area contributed by atoms with E-state index in [1.807, 2.05) is 27.6 Å². The fourth-order valence-electron chi connectivity index (χ4n) is 2.10. The molecule has 20 heavy (non-hydrogen) atoms. The van der Waals surface area contributed by atoms with Crippen LogP contribution in [0.3, 0.4) is 0 Å². The number of carboxylic acids is 1. The minimum Gasteiger partial charge on any atom is -0.478 e. The summed E-state index contributed by atoms with van der Waals surface area (Å²) in [6.45, 7) is 1.65. The number of piperidine rings is 1. The molecule has 6 nitrogen and oxygen atoms in total. The van der Waals surface area contributed by atoms with Crippen molar-refractivity contribution >= 4 is 40.3 Å². The van der Waals surface area contributed by atoms with E-state index in [4.69, 9.17) is 5.11 Å². The molecule has 1 heterocycles. The molecule has 1 fully saturated rings. The largest absolute Gasteiger partial charge is 0.478 e. The Kier molecular flexibility index (Phi) is 5.18. The number of hydrogen-bond donors (Lipinski definition) is 3. The summed E-state index contributed by atoms with van der Waals surface area (Å²) < 4.78 is 0.807. The van der Waals surface area contributed by atoms with Crippen molar-refractivity contribution in [1.82, 2.24) is 10.4 Å². The quantitative estimate of drug-likeness (QED) is 0.694. The predicted molar refractivity (Wildman–Crippen MR) is 83.7 cm³/mol. The van der Waals surface area contributed by atoms with E-state index in [-0.39, 0.29) is 5.56 Å². The summed E-state index contributed by atoms with van der Waals surface area (Å²) >= 11 is 2.03. The van der Waals surface area contributed by atoms with Crippen LogP contribution in [0.25, 0.3) is 0 Å². The van der Waals surface area contributed by atoms with Crippen molar-refractivity contribution in [1.29, 1.82) is 0 Å². The number of amides is 2. The number of hydrogen-bond acceptors (Lipinski definition) is 3. The molecule has 0 radical (unpaired) electrons. The molecule has 0 spiro atoms. The SMILES string of the molecule is O=C(Nc1ccc(I)cc1C(=O)O)NN1CCCCC1. The first-order valence-electron chi connectivity index (χ1n) is 6.41. The van der Waals surface area contributed by atoms with Crippen molar-refractivity contribution in [2.75, 3.05) is 18.4 Å². The van der Waals surface area contributed by atoms with E-state index in [9.17, 15) is 9.59 Å². The molecular weight excluding hydrogens is 373 g/mol. The summed E-state index contributed by atoms with van der Waals surface area (Å²) in [6, 6.07) is 4.47. The number of halogens is 1. The number of carboxylic acid groups (broad SMARTS) is 1. The van der Waals surface area contributed by atoms with Gasteiger partial charge in [0.15, 0.2) is 0 Å². The Balaban J connectivity index is 2.01. The molecule has 108 valence electrons. The van der Waals surface area contributed by atoms with E-state index in [0.717, 1.165) is 29.5 Å². The summed E-state index contributed by atoms with van der Waals surface area (Å²) in [5.41, 5.74) is 3.12. The zero-order chi connectivity index (χ0) is 14.5. The van der Waals surface area contributed by atoms with Crippen molar-refractivity contribution in [3.63, 3.8) is 0 Å². The molecule has 3 N–H and O–H groups in total. The van der Waals surface area contributed by atoms with Gasteiger partial charge in [0, 0.05) is 16.7 Å². The Morgan fingerprint density at radius 3 is 2.55 bits per heavy atom. The number of aromatic carboxylic acids is 1. The molecule has 1 aliphatic rings. The molecule has 1 aromatic rings. The predicted octanol–water partition coefficient (Wildman–Crippen LogP) is 2.51. The van der Waals surface area contributed by atoms with E-state index >= 15 is 0 Å². The lowest BCUT2D eigenvalue weighted by atomic mass is 10.2. The van der Waals surface area contributed by atoms with E-state index < -0.39 is 12.0 Å². The average Bonchev–Trinajstić information content (AvgIpc) is 2.41. The fraction of sp³-hybridized carbons (Fsp3) is 0.385. The number of nitrogens with zero attached hydrogens (tertiary/aromatic N) is 1. The molecule has 0 saturated carbocycles. The minimum absolute atomic E-state index is 0.0886. The van der Waals surface area contributed by atoms with Gasteiger partial charge in [-0.2, -0.15) is 0 Å². The highest BCUT2D eigenvalue weighted by Crippen LogP contribution is 2.19. The van der Waals surface area contributed by atoms with Crippen LogP contribution in [-0.4, -0.2) is 35.2 Å². The number of anilines is 1. The molecule has 1 aromatic carbocycles. The number of carbonyl (C=O) groups is 2. The van der Waals surface area contributed by atoms with Gasteiger partial charge in [0.25, 0.3) is 0 Å². The van der Waals surface area contributed by atoms with Crippen molar-refractivity contribution < 1.29 is 14.7 Å². The third-order valence-electron chi connectivity index (χ3n) is 3.08. The van der Waals surface area contributed by atoms with Gasteiger partial charge in [-0.1, -0.05) is 6.42 Å². The van der Waals surface area contributed by atoms with Crippen LogP contribution >= 0.6 is 22.6 Å². The van der Waals surface area contributed by atoms with Crippen LogP contribution in [0.5, 0.6) is 0 Å². The van der Waals surface area contributed by atoms with Gasteiger partial charge in [-0.25, -0.2) is 14.6 Å². The molecule has 1 saturated heterocycles. The second-order valence-corrected chi connectivity index (χ2v) is 5.85. The maximum atomic E-state index is 11.9. The highest BCUT2D eigenvalue weighted by Gasteiger charge is 2.16. The molecule has 1 aliphatic heterocycles. The van der Waals surface area contributed by atoms with Crippen LogP contribution in [0.4, 0.5) is 10.5 Å². The lowest BCUT2D eigenvalue weighted by Gasteiger charge is -2.26. The zero-order valence-corrected chi connectivity index (χ0v) is 13.0. The molecule has 7 heteroatoms. The van der Waals surface area contributed by atoms with Crippen molar-refractivity contribution in [2.45, 2.75) is 19.3 Å². The van der Waals surface area contributed by atoms with E-state index in [0.29, 0.717) is 5.69 Å². The van der Waals surface area contributed by atoms with Crippen LogP contribution < -0.4 is 10.7 Å². The van der Waals surface area contributed by atoms with Gasteiger partial charge in [0.05, 0.1) is 11.3 Å². The average molecular weight is 389 g/mol. The second kappa shape index (κ2) is 6.89. The smallest absolute Gasteiger partial charge is 0.337 e. The summed E-state index contributed by atoms with van der Waals surface area (Å²) in [5, 5.41) is 13.6. The van der Waals surface area contributed by atoms with Gasteiger partial charge in [0.2, 0.25) is 0 Å². The van der Waals surface area contributed by atoms with Crippen LogP contribution in [0, 0.1) is 3.57 Å². The molecule has 2 rings (SSSR count). The summed E-state index contributed by atoms with van der Waals surface area (Å²) in [7, 11) is 0. The molecule has 0 aromatic heterocycles. The zero-order valence-electron chi connectivity index (χ0n) is 10.9. The molecule has 0 atom stereocenters. The molecular formula is C13H16IN3O3. The number of carbonyl (C=O) groups excluding carboxylic acids is 1. The monoisotopic (exact) mass is 389 g/mol. The Morgan fingerprint density at radius 1 is 1.20 bits per heavy atom. The Labute approximate surface area is 130 Å². The Morgan fingerprint density at radius 2 is 1.90 bits per heavy atom. The van der Waals surface area contributed by atoms with E-state index in [1.165, 1.54) is 12.5 Å². The van der Waals surface area contributed by atoms with Gasteiger partial charge in [-0.15, -0.1) is 0 Å². The Hall–Kier alpha value is -1.35. The minimum atomic E-state index is -1.06. The number of rotatable bonds is 3. The van der Waals surface area contributed by atoms with Crippen LogP contribution in [0.2, 0.25) is 0 Å². The summed E-state index contributed by atoms with van der Waals surface area (Å²) in [4.78, 5) is 23.0. The van der Waals surface area contributed by atoms with E-state index in [2.05, 4.69) is 10.7 Å². The molecule has 0 unspecified atom stereocenters. The maximum Gasteiger partial charge on any atom is 0.337 e. The van der Waals surface area contributed by atoms with Crippen molar-refractivity contribution in [2.24, 2.45) is 0 Å². The highest BCUT2D eigenvalue weighted by atomic mass is 127. The third-order valence-corrected chi connectivity index (χ3v) is 3.75. The topological polar surface area (TPSA) is 81.7 Å². The first-order chi connectivity index (χ1) is 9.56. The first kappa shape index (κ1) is 15.0. The van der Waals surface area contributed by atoms with E-state index in [1.54, 1.807) is 12.1 Å². The van der Waals surface area contributed by atoms with Crippen LogP contribution in [0.1, 0.15) is 29.6 Å². The second-order valence-electron chi connectivity index (χ2n) is 4.61. The number of benzene rings is 1. The number of urea groups is 1. The fourth-order valence-corrected chi connectivity index (χ4v) is 2.59. The van der Waals surface area contributed by atoms with Crippen LogP contribution in [-0.2, 0) is 0 Å². The Bertz CT molecular complexity index is 516. The number of nitrogens with one attached hydrogen (secondary N) is 2. The van der Waals surface area contributed by atoms with Crippen molar-refractivity contribution in [3.05, 3.63) is 27.3 Å². The van der Waals surface area contributed by atoms with Gasteiger partial charge < -0.3 is 10.4 Å². The third kappa shape index (κ3) is 4.07.